The van der Waals surface area contributed by atoms with E-state index in [0.29, 0.717) is 12.2 Å². The maximum absolute atomic E-state index is 11.9. The van der Waals surface area contributed by atoms with Gasteiger partial charge in [-0.2, -0.15) is 5.06 Å². The van der Waals surface area contributed by atoms with Crippen LogP contribution in [0.3, 0.4) is 0 Å². The molecule has 1 heterocycles. The number of hydrogen-bond acceptors (Lipinski definition) is 3. The molecule has 4 heteroatoms. The lowest BCUT2D eigenvalue weighted by Gasteiger charge is -2.22. The zero-order chi connectivity index (χ0) is 16.7. The molecule has 0 aromatic heterocycles. The van der Waals surface area contributed by atoms with Crippen molar-refractivity contribution in [2.45, 2.75) is 32.1 Å². The van der Waals surface area contributed by atoms with Gasteiger partial charge in [0, 0.05) is 31.4 Å². The van der Waals surface area contributed by atoms with E-state index in [0.717, 1.165) is 49.2 Å². The predicted molar refractivity (Wildman–Crippen MR) is 90.4 cm³/mol. The number of likely N-dealkylation sites (tertiary alicyclic amines) is 1. The van der Waals surface area contributed by atoms with Gasteiger partial charge in [0.15, 0.2) is 0 Å². The number of hydrogen-bond donors (Lipinski definition) is 0. The predicted octanol–water partition coefficient (Wildman–Crippen LogP) is 3.93. The summed E-state index contributed by atoms with van der Waals surface area (Å²) >= 11 is 0. The van der Waals surface area contributed by atoms with Gasteiger partial charge in [-0.3, -0.25) is 4.79 Å². The molecule has 1 amide bonds. The Labute approximate surface area is 133 Å². The normalized spacial score (nSPS) is 14.0. The molecule has 22 heavy (non-hydrogen) atoms. The van der Waals surface area contributed by atoms with E-state index in [1.165, 1.54) is 11.1 Å². The molecule has 0 aromatic rings. The van der Waals surface area contributed by atoms with Crippen molar-refractivity contribution in [2.75, 3.05) is 13.6 Å². The van der Waals surface area contributed by atoms with Gasteiger partial charge in [-0.1, -0.05) is 38.5 Å². The molecular formula is C18H26N2O2. The fourth-order valence-corrected chi connectivity index (χ4v) is 2.22. The van der Waals surface area contributed by atoms with E-state index >= 15 is 0 Å². The van der Waals surface area contributed by atoms with E-state index in [4.69, 9.17) is 4.84 Å². The molecule has 0 saturated carbocycles. The number of hydroxylamine groups is 2. The van der Waals surface area contributed by atoms with Crippen LogP contribution in [0.1, 0.15) is 32.1 Å². The summed E-state index contributed by atoms with van der Waals surface area (Å²) in [5.74, 6) is 0.261. The van der Waals surface area contributed by atoms with Crippen molar-refractivity contribution in [1.29, 1.82) is 0 Å². The molecule has 0 atom stereocenters. The molecule has 1 saturated heterocycles. The molecule has 0 radical (unpaired) electrons. The lowest BCUT2D eigenvalue weighted by Crippen LogP contribution is -2.26. The second kappa shape index (κ2) is 8.27. The third kappa shape index (κ3) is 5.28. The highest BCUT2D eigenvalue weighted by Gasteiger charge is 2.19. The van der Waals surface area contributed by atoms with Crippen LogP contribution in [0.15, 0.2) is 61.7 Å². The largest absolute Gasteiger partial charge is 0.378 e. The number of nitrogens with zero attached hydrogens (tertiary/aromatic N) is 2. The summed E-state index contributed by atoms with van der Waals surface area (Å²) in [6, 6.07) is 0. The van der Waals surface area contributed by atoms with Gasteiger partial charge in [0.1, 0.15) is 5.76 Å². The summed E-state index contributed by atoms with van der Waals surface area (Å²) in [5.41, 5.74) is 3.27. The van der Waals surface area contributed by atoms with Crippen molar-refractivity contribution in [2.24, 2.45) is 0 Å². The van der Waals surface area contributed by atoms with Crippen LogP contribution in [0.5, 0.6) is 0 Å². The van der Waals surface area contributed by atoms with Crippen LogP contribution < -0.4 is 0 Å². The Balaban J connectivity index is 2.28. The van der Waals surface area contributed by atoms with Gasteiger partial charge in [0.05, 0.1) is 0 Å². The molecule has 1 aliphatic heterocycles. The van der Waals surface area contributed by atoms with E-state index in [2.05, 4.69) is 37.8 Å². The first-order chi connectivity index (χ1) is 10.3. The van der Waals surface area contributed by atoms with E-state index in [-0.39, 0.29) is 5.91 Å². The number of carbonyl (C=O) groups excluding carboxylic acids is 1. The number of amides is 1. The minimum atomic E-state index is -0.0919. The fraction of sp³-hybridized carbons (Fsp3) is 0.389. The molecule has 0 aliphatic carbocycles. The van der Waals surface area contributed by atoms with E-state index < -0.39 is 0 Å². The molecule has 0 bridgehead atoms. The molecule has 0 unspecified atom stereocenters. The van der Waals surface area contributed by atoms with Crippen LogP contribution in [0.25, 0.3) is 0 Å². The second-order valence-electron chi connectivity index (χ2n) is 5.48. The Morgan fingerprint density at radius 2 is 1.86 bits per heavy atom. The maximum atomic E-state index is 11.9. The standard InChI is InChI=1S/C18H26N2O2/c1-7-17(5)22-19(6)18(21)10-8-9-14(2)13-20-15(3)11-12-16(20)4/h7H,1-5,8-13H2,6H3. The number of rotatable bonds is 9. The molecule has 0 spiro atoms. The maximum Gasteiger partial charge on any atom is 0.254 e. The smallest absolute Gasteiger partial charge is 0.254 e. The lowest BCUT2D eigenvalue weighted by atomic mass is 10.1. The molecular weight excluding hydrogens is 276 g/mol. The molecule has 120 valence electrons. The Kier molecular flexibility index (Phi) is 6.70. The van der Waals surface area contributed by atoms with Crippen LogP contribution in [0.2, 0.25) is 0 Å². The monoisotopic (exact) mass is 302 g/mol. The SMILES string of the molecule is C=CC(=C)ON(C)C(=O)CCCC(=C)CN1C(=C)CCC1=C. The Bertz CT molecular complexity index is 489. The van der Waals surface area contributed by atoms with Crippen molar-refractivity contribution in [3.63, 3.8) is 0 Å². The van der Waals surface area contributed by atoms with Crippen molar-refractivity contribution in [3.8, 4) is 0 Å². The molecule has 0 N–H and O–H groups in total. The van der Waals surface area contributed by atoms with Crippen LogP contribution in [-0.2, 0) is 9.63 Å². The van der Waals surface area contributed by atoms with Gasteiger partial charge in [-0.25, -0.2) is 0 Å². The molecule has 1 aliphatic rings. The molecule has 4 nitrogen and oxygen atoms in total. The minimum Gasteiger partial charge on any atom is -0.378 e. The number of carbonyl (C=O) groups is 1. The van der Waals surface area contributed by atoms with Gasteiger partial charge in [0.25, 0.3) is 5.91 Å². The highest BCUT2D eigenvalue weighted by atomic mass is 16.7. The second-order valence-corrected chi connectivity index (χ2v) is 5.48. The summed E-state index contributed by atoms with van der Waals surface area (Å²) in [5, 5.41) is 1.19. The van der Waals surface area contributed by atoms with Crippen LogP contribution in [-0.4, -0.2) is 29.5 Å². The Morgan fingerprint density at radius 3 is 2.41 bits per heavy atom. The van der Waals surface area contributed by atoms with Crippen LogP contribution >= 0.6 is 0 Å². The minimum absolute atomic E-state index is 0.0919. The van der Waals surface area contributed by atoms with Crippen LogP contribution in [0.4, 0.5) is 0 Å². The van der Waals surface area contributed by atoms with Gasteiger partial charge < -0.3 is 9.74 Å². The summed E-state index contributed by atoms with van der Waals surface area (Å²) in [6.45, 7) is 20.0. The van der Waals surface area contributed by atoms with E-state index in [9.17, 15) is 4.79 Å². The van der Waals surface area contributed by atoms with Crippen molar-refractivity contribution in [3.05, 3.63) is 61.7 Å². The summed E-state index contributed by atoms with van der Waals surface area (Å²) in [4.78, 5) is 19.2. The Morgan fingerprint density at radius 1 is 1.27 bits per heavy atom. The first-order valence-electron chi connectivity index (χ1n) is 7.40. The Hall–Kier alpha value is -2.23. The van der Waals surface area contributed by atoms with Gasteiger partial charge in [-0.05, 0) is 31.8 Å². The van der Waals surface area contributed by atoms with Gasteiger partial charge in [-0.15, -0.1) is 0 Å². The highest BCUT2D eigenvalue weighted by molar-refractivity contribution is 5.74. The molecule has 0 aromatic carbocycles. The highest BCUT2D eigenvalue weighted by Crippen LogP contribution is 2.29. The van der Waals surface area contributed by atoms with Crippen molar-refractivity contribution in [1.82, 2.24) is 9.96 Å². The zero-order valence-electron chi connectivity index (χ0n) is 13.6. The number of allylic oxidation sites excluding steroid dienone is 3. The van der Waals surface area contributed by atoms with Crippen molar-refractivity contribution < 1.29 is 9.63 Å². The van der Waals surface area contributed by atoms with Gasteiger partial charge in [0.2, 0.25) is 0 Å². The van der Waals surface area contributed by atoms with E-state index in [1.807, 2.05) is 0 Å². The van der Waals surface area contributed by atoms with Crippen LogP contribution in [0, 0.1) is 0 Å². The molecule has 1 rings (SSSR count). The third-order valence-electron chi connectivity index (χ3n) is 3.60. The van der Waals surface area contributed by atoms with Crippen molar-refractivity contribution >= 4 is 5.91 Å². The summed E-state index contributed by atoms with van der Waals surface area (Å²) in [7, 11) is 1.57. The third-order valence-corrected chi connectivity index (χ3v) is 3.60. The average Bonchev–Trinajstić information content (AvgIpc) is 2.78. The first-order valence-corrected chi connectivity index (χ1v) is 7.40. The zero-order valence-corrected chi connectivity index (χ0v) is 13.6. The molecule has 1 fully saturated rings. The summed E-state index contributed by atoms with van der Waals surface area (Å²) in [6.07, 6.45) is 5.33. The van der Waals surface area contributed by atoms with Gasteiger partial charge >= 0.3 is 0 Å². The average molecular weight is 302 g/mol. The van der Waals surface area contributed by atoms with E-state index in [1.54, 1.807) is 7.05 Å². The first kappa shape index (κ1) is 17.8. The topological polar surface area (TPSA) is 32.8 Å². The fourth-order valence-electron chi connectivity index (χ4n) is 2.22. The quantitative estimate of drug-likeness (QED) is 0.280. The summed E-state index contributed by atoms with van der Waals surface area (Å²) < 4.78 is 0. The lowest BCUT2D eigenvalue weighted by molar-refractivity contribution is -0.164.